The largest absolute Gasteiger partial charge is 0.396 e. The van der Waals surface area contributed by atoms with Gasteiger partial charge in [0, 0.05) is 34.9 Å². The maximum atomic E-state index is 8.07. The number of unbranched alkanes of at least 4 members (excludes halogenated alkanes) is 2. The van der Waals surface area contributed by atoms with Crippen LogP contribution in [0.2, 0.25) is 0 Å². The molecule has 0 aliphatic carbocycles. The standard InChI is InChI=1S/2C4H10O.Ti/c2*1-2-3-4-5;/h2*5H,2-4H2,1H3;. The molecule has 68 valence electrons. The Kier molecular flexibility index (Phi) is 36.0. The quantitative estimate of drug-likeness (QED) is 0.670. The molecule has 0 aromatic rings. The van der Waals surface area contributed by atoms with Crippen molar-refractivity contribution in [2.24, 2.45) is 0 Å². The van der Waals surface area contributed by atoms with Crippen LogP contribution >= 0.6 is 0 Å². The Labute approximate surface area is 84.9 Å². The van der Waals surface area contributed by atoms with Crippen LogP contribution < -0.4 is 0 Å². The molecule has 0 aromatic heterocycles. The first-order valence-corrected chi connectivity index (χ1v) is 4.05. The Morgan fingerprint density at radius 1 is 0.818 bits per heavy atom. The Balaban J connectivity index is -0.000000107. The summed E-state index contributed by atoms with van der Waals surface area (Å²) in [7, 11) is 0. The molecule has 0 saturated carbocycles. The molecule has 0 bridgehead atoms. The van der Waals surface area contributed by atoms with Gasteiger partial charge in [0.15, 0.2) is 0 Å². The van der Waals surface area contributed by atoms with Crippen LogP contribution in [0.3, 0.4) is 0 Å². The van der Waals surface area contributed by atoms with Gasteiger partial charge in [-0.05, 0) is 12.8 Å². The van der Waals surface area contributed by atoms with Crippen molar-refractivity contribution < 1.29 is 31.9 Å². The van der Waals surface area contributed by atoms with Gasteiger partial charge in [-0.1, -0.05) is 26.7 Å². The molecule has 0 aliphatic heterocycles. The molecule has 0 heterocycles. The van der Waals surface area contributed by atoms with E-state index in [1.807, 2.05) is 0 Å². The van der Waals surface area contributed by atoms with Crippen molar-refractivity contribution in [3.63, 3.8) is 0 Å². The van der Waals surface area contributed by atoms with Gasteiger partial charge in [0.2, 0.25) is 0 Å². The average molecular weight is 196 g/mol. The van der Waals surface area contributed by atoms with Crippen molar-refractivity contribution in [1.82, 2.24) is 0 Å². The first kappa shape index (κ1) is 17.6. The maximum Gasteiger partial charge on any atom is 0.0430 e. The summed E-state index contributed by atoms with van der Waals surface area (Å²) >= 11 is 0. The summed E-state index contributed by atoms with van der Waals surface area (Å²) in [5.41, 5.74) is 0. The van der Waals surface area contributed by atoms with Gasteiger partial charge in [-0.2, -0.15) is 0 Å². The molecule has 2 nitrogen and oxygen atoms in total. The van der Waals surface area contributed by atoms with Gasteiger partial charge >= 0.3 is 0 Å². The fourth-order valence-electron chi connectivity index (χ4n) is 0.316. The first-order valence-electron chi connectivity index (χ1n) is 4.05. The SMILES string of the molecule is CCCCO.CCCCO.[Ti]. The zero-order chi connectivity index (χ0) is 8.24. The molecule has 0 saturated heterocycles. The number of hydrogen-bond acceptors (Lipinski definition) is 2. The van der Waals surface area contributed by atoms with Gasteiger partial charge < -0.3 is 10.2 Å². The van der Waals surface area contributed by atoms with E-state index in [0.717, 1.165) is 25.7 Å². The molecule has 11 heavy (non-hydrogen) atoms. The Morgan fingerprint density at radius 2 is 1.09 bits per heavy atom. The van der Waals surface area contributed by atoms with E-state index >= 15 is 0 Å². The third-order valence-electron chi connectivity index (χ3n) is 1.02. The smallest absolute Gasteiger partial charge is 0.0430 e. The van der Waals surface area contributed by atoms with E-state index in [9.17, 15) is 0 Å². The number of aliphatic hydroxyl groups excluding tert-OH is 2. The Hall–Kier alpha value is 0.634. The summed E-state index contributed by atoms with van der Waals surface area (Å²) in [6.45, 7) is 4.79. The normalized spacial score (nSPS) is 7.64. The van der Waals surface area contributed by atoms with Gasteiger partial charge in [0.1, 0.15) is 0 Å². The molecule has 0 spiro atoms. The fourth-order valence-corrected chi connectivity index (χ4v) is 0.316. The predicted octanol–water partition coefficient (Wildman–Crippen LogP) is 1.56. The van der Waals surface area contributed by atoms with E-state index in [1.54, 1.807) is 0 Å². The zero-order valence-electron chi connectivity index (χ0n) is 7.64. The summed E-state index contributed by atoms with van der Waals surface area (Å²) < 4.78 is 0. The second kappa shape index (κ2) is 22.4. The van der Waals surface area contributed by atoms with Crippen LogP contribution in [0.25, 0.3) is 0 Å². The summed E-state index contributed by atoms with van der Waals surface area (Å²) in [5.74, 6) is 0. The maximum absolute atomic E-state index is 8.07. The molecule has 2 N–H and O–H groups in total. The summed E-state index contributed by atoms with van der Waals surface area (Å²) in [4.78, 5) is 0. The van der Waals surface area contributed by atoms with Crippen LogP contribution in [0.5, 0.6) is 0 Å². The second-order valence-electron chi connectivity index (χ2n) is 2.15. The molecule has 0 aromatic carbocycles. The van der Waals surface area contributed by atoms with E-state index in [0.29, 0.717) is 13.2 Å². The van der Waals surface area contributed by atoms with Gasteiger partial charge in [0.05, 0.1) is 0 Å². The van der Waals surface area contributed by atoms with Crippen molar-refractivity contribution >= 4 is 0 Å². The zero-order valence-corrected chi connectivity index (χ0v) is 9.20. The molecule has 0 aliphatic rings. The number of aliphatic hydroxyl groups is 2. The minimum absolute atomic E-state index is 0. The van der Waals surface area contributed by atoms with Crippen molar-refractivity contribution in [2.45, 2.75) is 39.5 Å². The van der Waals surface area contributed by atoms with E-state index in [2.05, 4.69) is 13.8 Å². The van der Waals surface area contributed by atoms with Crippen LogP contribution in [0.15, 0.2) is 0 Å². The van der Waals surface area contributed by atoms with E-state index in [-0.39, 0.29) is 21.7 Å². The van der Waals surface area contributed by atoms with Crippen molar-refractivity contribution in [1.29, 1.82) is 0 Å². The van der Waals surface area contributed by atoms with Crippen LogP contribution in [-0.4, -0.2) is 23.4 Å². The molecular formula is C8H20O2Ti. The third kappa shape index (κ3) is 36.9. The van der Waals surface area contributed by atoms with Crippen LogP contribution in [0, 0.1) is 0 Å². The van der Waals surface area contributed by atoms with Gasteiger partial charge in [0.25, 0.3) is 0 Å². The second-order valence-corrected chi connectivity index (χ2v) is 2.15. The van der Waals surface area contributed by atoms with Crippen LogP contribution in [-0.2, 0) is 21.7 Å². The molecule has 0 radical (unpaired) electrons. The fraction of sp³-hybridized carbons (Fsp3) is 1.00. The van der Waals surface area contributed by atoms with Crippen LogP contribution in [0.4, 0.5) is 0 Å². The summed E-state index contributed by atoms with van der Waals surface area (Å²) in [6.07, 6.45) is 4.08. The number of hydrogen-bond donors (Lipinski definition) is 2. The van der Waals surface area contributed by atoms with Crippen molar-refractivity contribution in [2.75, 3.05) is 13.2 Å². The molecule has 0 unspecified atom stereocenters. The van der Waals surface area contributed by atoms with E-state index in [4.69, 9.17) is 10.2 Å². The summed E-state index contributed by atoms with van der Waals surface area (Å²) in [5, 5.41) is 16.1. The molecule has 0 amide bonds. The van der Waals surface area contributed by atoms with Crippen LogP contribution in [0.1, 0.15) is 39.5 Å². The molecular weight excluding hydrogens is 176 g/mol. The molecule has 0 rings (SSSR count). The minimum Gasteiger partial charge on any atom is -0.396 e. The van der Waals surface area contributed by atoms with Crippen molar-refractivity contribution in [3.05, 3.63) is 0 Å². The van der Waals surface area contributed by atoms with E-state index < -0.39 is 0 Å². The minimum atomic E-state index is 0. The average Bonchev–Trinajstić information content (AvgIpc) is 1.93. The molecule has 0 fully saturated rings. The monoisotopic (exact) mass is 196 g/mol. The predicted molar refractivity (Wildman–Crippen MR) is 44.0 cm³/mol. The van der Waals surface area contributed by atoms with E-state index in [1.165, 1.54) is 0 Å². The summed E-state index contributed by atoms with van der Waals surface area (Å²) in [6, 6.07) is 0. The Morgan fingerprint density at radius 3 is 1.09 bits per heavy atom. The third-order valence-corrected chi connectivity index (χ3v) is 1.02. The molecule has 0 atom stereocenters. The topological polar surface area (TPSA) is 40.5 Å². The molecule has 3 heteroatoms. The number of rotatable bonds is 4. The Bertz CT molecular complexity index is 33.1. The van der Waals surface area contributed by atoms with Gasteiger partial charge in [-0.3, -0.25) is 0 Å². The van der Waals surface area contributed by atoms with Gasteiger partial charge in [-0.25, -0.2) is 0 Å². The first-order chi connectivity index (χ1) is 4.83. The van der Waals surface area contributed by atoms with Gasteiger partial charge in [-0.15, -0.1) is 0 Å². The van der Waals surface area contributed by atoms with Crippen molar-refractivity contribution in [3.8, 4) is 0 Å².